The van der Waals surface area contributed by atoms with Crippen LogP contribution in [0.5, 0.6) is 0 Å². The maximum atomic E-state index is 12.8. The van der Waals surface area contributed by atoms with Gasteiger partial charge in [0, 0.05) is 18.1 Å². The summed E-state index contributed by atoms with van der Waals surface area (Å²) in [4.78, 5) is 12.8. The lowest BCUT2D eigenvalue weighted by Gasteiger charge is -2.51. The molecule has 2 aliphatic carbocycles. The summed E-state index contributed by atoms with van der Waals surface area (Å²) in [5.74, 6) is 0.202. The Kier molecular flexibility index (Phi) is 3.81. The van der Waals surface area contributed by atoms with Crippen LogP contribution >= 0.6 is 0 Å². The first-order chi connectivity index (χ1) is 9.87. The smallest absolute Gasteiger partial charge is 0.228 e. The Labute approximate surface area is 127 Å². The lowest BCUT2D eigenvalue weighted by molar-refractivity contribution is -0.138. The average Bonchev–Trinajstić information content (AvgIpc) is 3.21. The summed E-state index contributed by atoms with van der Waals surface area (Å²) in [6.45, 7) is 3.93. The predicted molar refractivity (Wildman–Crippen MR) is 81.2 cm³/mol. The van der Waals surface area contributed by atoms with Crippen LogP contribution in [-0.4, -0.2) is 42.5 Å². The minimum Gasteiger partial charge on any atom is -0.353 e. The van der Waals surface area contributed by atoms with Gasteiger partial charge >= 0.3 is 0 Å². The van der Waals surface area contributed by atoms with Crippen LogP contribution in [0.3, 0.4) is 0 Å². The van der Waals surface area contributed by atoms with Gasteiger partial charge in [-0.1, -0.05) is 12.8 Å². The van der Waals surface area contributed by atoms with Gasteiger partial charge in [-0.15, -0.1) is 0 Å². The second-order valence-corrected chi connectivity index (χ2v) is 9.17. The molecule has 1 saturated heterocycles. The van der Waals surface area contributed by atoms with Crippen molar-refractivity contribution in [3.63, 3.8) is 0 Å². The Bertz CT molecular complexity index is 527. The molecule has 0 radical (unpaired) electrons. The predicted octanol–water partition coefficient (Wildman–Crippen LogP) is 1.64. The highest BCUT2D eigenvalue weighted by Crippen LogP contribution is 2.50. The van der Waals surface area contributed by atoms with E-state index in [-0.39, 0.29) is 29.8 Å². The molecule has 2 saturated carbocycles. The summed E-state index contributed by atoms with van der Waals surface area (Å²) in [5.41, 5.74) is -0.490. The molecule has 1 aliphatic heterocycles. The van der Waals surface area contributed by atoms with Crippen molar-refractivity contribution in [2.45, 2.75) is 76.9 Å². The van der Waals surface area contributed by atoms with Crippen molar-refractivity contribution in [3.05, 3.63) is 0 Å². The van der Waals surface area contributed by atoms with Gasteiger partial charge in [0.2, 0.25) is 15.9 Å². The normalized spacial score (nSPS) is 36.2. The molecular weight excluding hydrogens is 288 g/mol. The topological polar surface area (TPSA) is 66.5 Å². The number of hydrogen-bond donors (Lipinski definition) is 1. The second-order valence-electron chi connectivity index (χ2n) is 7.17. The van der Waals surface area contributed by atoms with Gasteiger partial charge in [-0.2, -0.15) is 4.31 Å². The molecule has 120 valence electrons. The minimum atomic E-state index is -3.18. The third-order valence-electron chi connectivity index (χ3n) is 5.20. The van der Waals surface area contributed by atoms with Gasteiger partial charge in [-0.05, 0) is 46.0 Å². The zero-order chi connectivity index (χ0) is 15.3. The third-order valence-corrected chi connectivity index (χ3v) is 7.12. The Morgan fingerprint density at radius 3 is 2.52 bits per heavy atom. The van der Waals surface area contributed by atoms with Crippen molar-refractivity contribution in [1.82, 2.24) is 9.62 Å². The molecule has 6 heteroatoms. The van der Waals surface area contributed by atoms with Crippen LogP contribution in [0.1, 0.15) is 58.8 Å². The molecule has 1 amide bonds. The summed E-state index contributed by atoms with van der Waals surface area (Å²) in [7, 11) is -3.18. The fourth-order valence-corrected chi connectivity index (χ4v) is 6.28. The number of nitrogens with one attached hydrogen (secondary N) is 1. The van der Waals surface area contributed by atoms with Crippen LogP contribution in [0, 0.1) is 5.41 Å². The van der Waals surface area contributed by atoms with E-state index in [4.69, 9.17) is 0 Å². The molecule has 1 heterocycles. The van der Waals surface area contributed by atoms with Gasteiger partial charge in [0.15, 0.2) is 0 Å². The zero-order valence-electron chi connectivity index (χ0n) is 13.0. The van der Waals surface area contributed by atoms with Gasteiger partial charge in [-0.25, -0.2) is 8.42 Å². The fraction of sp³-hybridized carbons (Fsp3) is 0.933. The maximum absolute atomic E-state index is 12.8. The molecule has 2 atom stereocenters. The monoisotopic (exact) mass is 314 g/mol. The van der Waals surface area contributed by atoms with E-state index in [0.29, 0.717) is 6.42 Å². The number of hydrogen-bond acceptors (Lipinski definition) is 3. The molecule has 0 aromatic carbocycles. The Balaban J connectivity index is 1.95. The second kappa shape index (κ2) is 5.23. The summed E-state index contributed by atoms with van der Waals surface area (Å²) in [6, 6.07) is 0.142. The number of carbonyl (C=O) groups excluding carboxylic acids is 1. The van der Waals surface area contributed by atoms with E-state index >= 15 is 0 Å². The summed E-state index contributed by atoms with van der Waals surface area (Å²) in [6.07, 6.45) is 6.12. The summed E-state index contributed by atoms with van der Waals surface area (Å²) < 4.78 is 26.7. The number of carbonyl (C=O) groups is 1. The molecule has 0 unspecified atom stereocenters. The van der Waals surface area contributed by atoms with Crippen LogP contribution in [0.15, 0.2) is 0 Å². The van der Waals surface area contributed by atoms with E-state index in [9.17, 15) is 13.2 Å². The Morgan fingerprint density at radius 2 is 1.90 bits per heavy atom. The van der Waals surface area contributed by atoms with Crippen molar-refractivity contribution in [1.29, 1.82) is 0 Å². The van der Waals surface area contributed by atoms with E-state index in [1.807, 2.05) is 13.8 Å². The van der Waals surface area contributed by atoms with Gasteiger partial charge in [0.05, 0.1) is 11.2 Å². The number of fused-ring (bicyclic) bond motifs is 1. The van der Waals surface area contributed by atoms with Crippen molar-refractivity contribution in [3.8, 4) is 0 Å². The first kappa shape index (κ1) is 15.3. The molecule has 0 spiro atoms. The molecule has 0 bridgehead atoms. The molecule has 21 heavy (non-hydrogen) atoms. The lowest BCUT2D eigenvalue weighted by atomic mass is 9.67. The molecule has 3 aliphatic rings. The van der Waals surface area contributed by atoms with Gasteiger partial charge in [-0.3, -0.25) is 4.79 Å². The highest BCUT2D eigenvalue weighted by molar-refractivity contribution is 7.89. The van der Waals surface area contributed by atoms with Gasteiger partial charge in [0.1, 0.15) is 0 Å². The maximum Gasteiger partial charge on any atom is 0.228 e. The van der Waals surface area contributed by atoms with Crippen LogP contribution in [-0.2, 0) is 14.8 Å². The molecule has 0 aromatic rings. The van der Waals surface area contributed by atoms with E-state index in [1.54, 1.807) is 4.31 Å². The fourth-order valence-electron chi connectivity index (χ4n) is 4.09. The highest BCUT2D eigenvalue weighted by atomic mass is 32.2. The number of sulfonamides is 1. The van der Waals surface area contributed by atoms with Crippen LogP contribution in [0.25, 0.3) is 0 Å². The summed E-state index contributed by atoms with van der Waals surface area (Å²) >= 11 is 0. The van der Waals surface area contributed by atoms with Crippen LogP contribution in [0.4, 0.5) is 0 Å². The number of amides is 1. The van der Waals surface area contributed by atoms with E-state index in [1.165, 1.54) is 0 Å². The Morgan fingerprint density at radius 1 is 1.19 bits per heavy atom. The molecule has 1 N–H and O–H groups in total. The van der Waals surface area contributed by atoms with Crippen molar-refractivity contribution < 1.29 is 13.2 Å². The Hall–Kier alpha value is -0.620. The van der Waals surface area contributed by atoms with E-state index in [2.05, 4.69) is 5.32 Å². The van der Waals surface area contributed by atoms with Gasteiger partial charge in [0.25, 0.3) is 0 Å². The van der Waals surface area contributed by atoms with Gasteiger partial charge < -0.3 is 5.32 Å². The molecule has 3 fully saturated rings. The average molecular weight is 314 g/mol. The van der Waals surface area contributed by atoms with Crippen molar-refractivity contribution in [2.75, 3.05) is 5.75 Å². The first-order valence-corrected chi connectivity index (χ1v) is 9.80. The highest BCUT2D eigenvalue weighted by Gasteiger charge is 2.58. The number of nitrogens with zero attached hydrogens (tertiary/aromatic N) is 1. The minimum absolute atomic E-state index is 0.0720. The molecular formula is C15H26N2O3S. The lowest BCUT2D eigenvalue weighted by Crippen LogP contribution is -2.63. The zero-order valence-corrected chi connectivity index (χ0v) is 13.8. The first-order valence-electron chi connectivity index (χ1n) is 8.19. The molecule has 3 rings (SSSR count). The van der Waals surface area contributed by atoms with Crippen LogP contribution < -0.4 is 5.32 Å². The molecule has 0 aromatic heterocycles. The van der Waals surface area contributed by atoms with Crippen molar-refractivity contribution in [2.24, 2.45) is 5.41 Å². The van der Waals surface area contributed by atoms with E-state index in [0.717, 1.165) is 38.5 Å². The van der Waals surface area contributed by atoms with E-state index < -0.39 is 15.4 Å². The van der Waals surface area contributed by atoms with Crippen molar-refractivity contribution >= 4 is 15.9 Å². The SMILES string of the molecule is CC(C)NC(=O)[C@@]12CCCC[C@H]1N(C1CC1)S(=O)(=O)CC2. The quantitative estimate of drug-likeness (QED) is 0.861. The number of rotatable bonds is 3. The third kappa shape index (κ3) is 2.61. The molecule has 5 nitrogen and oxygen atoms in total. The summed E-state index contributed by atoms with van der Waals surface area (Å²) in [5, 5.41) is 3.05. The standard InChI is InChI=1S/C15H26N2O3S/c1-11(2)16-14(18)15-8-4-3-5-13(15)17(12-6-7-12)21(19,20)10-9-15/h11-13H,3-10H2,1-2H3,(H,16,18)/t13-,15-/m1/s1. The van der Waals surface area contributed by atoms with Crippen LogP contribution in [0.2, 0.25) is 0 Å². The largest absolute Gasteiger partial charge is 0.353 e.